The van der Waals surface area contributed by atoms with E-state index in [2.05, 4.69) is 86.1 Å². The molecule has 3 heterocycles. The predicted octanol–water partition coefficient (Wildman–Crippen LogP) is -4.95. The number of hydrogen-bond donors (Lipinski definition) is 22. The summed E-state index contributed by atoms with van der Waals surface area (Å²) >= 11 is 5.81. The van der Waals surface area contributed by atoms with Gasteiger partial charge in [-0.15, -0.1) is 0 Å². The number of carbonyl (C=O) groups excluding carboxylic acids is 14. The van der Waals surface area contributed by atoms with Gasteiger partial charge in [-0.3, -0.25) is 81.5 Å². The molecule has 0 aliphatic carbocycles. The molecule has 14 amide bonds. The first-order chi connectivity index (χ1) is 53.0. The molecule has 1 aromatic carbocycles. The lowest BCUT2D eigenvalue weighted by Crippen LogP contribution is -2.62. The number of hydrogen-bond acceptors (Lipinski definition) is 23. The lowest BCUT2D eigenvalue weighted by atomic mass is 10.00. The Kier molecular flexibility index (Phi) is 40.0. The zero-order chi connectivity index (χ0) is 83.5. The Labute approximate surface area is 655 Å². The third-order valence-electron chi connectivity index (χ3n) is 18.0. The highest BCUT2D eigenvalue weighted by atomic mass is 32.2. The maximum atomic E-state index is 14.7. The summed E-state index contributed by atoms with van der Waals surface area (Å²) in [4.78, 5) is 240. The van der Waals surface area contributed by atoms with E-state index in [0.717, 1.165) is 4.90 Å². The highest BCUT2D eigenvalue weighted by Crippen LogP contribution is 2.23. The van der Waals surface area contributed by atoms with Crippen LogP contribution in [0.3, 0.4) is 0 Å². The van der Waals surface area contributed by atoms with Crippen LogP contribution < -0.4 is 81.0 Å². The van der Waals surface area contributed by atoms with Crippen molar-refractivity contribution in [3.8, 4) is 0 Å². The Morgan fingerprint density at radius 3 is 1.71 bits per heavy atom. The highest BCUT2D eigenvalue weighted by Gasteiger charge is 2.42. The third kappa shape index (κ3) is 31.4. The molecule has 0 unspecified atom stereocenters. The number of aliphatic hydroxyl groups is 1. The van der Waals surface area contributed by atoms with E-state index in [1.807, 2.05) is 11.6 Å². The molecule has 112 heavy (non-hydrogen) atoms. The number of para-hydroxylation sites is 1. The van der Waals surface area contributed by atoms with E-state index < -0.39 is 237 Å². The standard InChI is InChI=1S/C70H107N19O21S2/c1-35(2)26-47(83-65(105)49(28-39-30-74-34-77-39)84-66(106)50(32-90)86-59(99)41(72)22-25-112-6)64(104)79-43(14-9-10-23-71)61(101)87-51(33-111)67(107)88-57(36(3)4)69(109)85-48(27-38-29-75-42-13-8-7-12-40(38)42)63(103)78-37(5)58(98)82-46(18-21-55(94)95)70(110)89-24-11-15-52(89)68(108)81-45(16-19-53(73)91)62(102)80-44(17-20-54(92)93)60(100)76-31-56(96)97/h7-8,12-13,29-30,34-37,41,43-52,57,75,90,111H,9-11,14-28,31-33,71-72H2,1-6H3,(H2,73,91)(H,74,77)(H,76,100)(H,78,103)(H,79,104)(H,80,102)(H,81,108)(H,82,98)(H,83,105)(H,84,106)(H,85,109)(H,86,99)(H,87,101)(H,88,107)(H,92,93)(H,94,95)(H,96,97)/t37-,41-,43-,44-,45-,46-,47-,48-,49-,50-,51-,52-,57-/m0/s1. The molecule has 1 fully saturated rings. The van der Waals surface area contributed by atoms with Crippen LogP contribution in [0.25, 0.3) is 10.9 Å². The van der Waals surface area contributed by atoms with Gasteiger partial charge in [-0.25, -0.2) is 4.98 Å². The molecular formula is C70H107N19O21S2. The summed E-state index contributed by atoms with van der Waals surface area (Å²) < 4.78 is 0. The number of unbranched alkanes of at least 4 members (excludes halogenated alkanes) is 1. The van der Waals surface area contributed by atoms with Gasteiger partial charge in [-0.1, -0.05) is 45.9 Å². The molecule has 0 radical (unpaired) electrons. The van der Waals surface area contributed by atoms with Crippen LogP contribution in [-0.2, 0) is 94.3 Å². The topological polar surface area (TPSA) is 641 Å². The van der Waals surface area contributed by atoms with E-state index in [1.54, 1.807) is 58.2 Å². The van der Waals surface area contributed by atoms with Gasteiger partial charge < -0.3 is 116 Å². The fraction of sp³-hybridized carbons (Fsp3) is 0.600. The van der Waals surface area contributed by atoms with Gasteiger partial charge in [0.1, 0.15) is 79.0 Å². The number of fused-ring (bicyclic) bond motifs is 1. The van der Waals surface area contributed by atoms with Gasteiger partial charge in [-0.2, -0.15) is 24.4 Å². The molecule has 40 nitrogen and oxygen atoms in total. The van der Waals surface area contributed by atoms with Gasteiger partial charge in [0.15, 0.2) is 0 Å². The van der Waals surface area contributed by atoms with E-state index in [-0.39, 0.29) is 76.1 Å². The first-order valence-corrected chi connectivity index (χ1v) is 38.6. The Morgan fingerprint density at radius 1 is 0.589 bits per heavy atom. The molecule has 13 atom stereocenters. The summed E-state index contributed by atoms with van der Waals surface area (Å²) in [7, 11) is 0. The van der Waals surface area contributed by atoms with Crippen molar-refractivity contribution in [3.63, 3.8) is 0 Å². The van der Waals surface area contributed by atoms with Gasteiger partial charge in [-0.05, 0) is 113 Å². The quantitative estimate of drug-likeness (QED) is 0.0186. The molecule has 2 aromatic heterocycles. The number of benzene rings is 1. The van der Waals surface area contributed by atoms with E-state index in [4.69, 9.17) is 22.3 Å². The molecule has 0 saturated carbocycles. The molecule has 0 spiro atoms. The average molecular weight is 1610 g/mol. The Balaban J connectivity index is 1.56. The smallest absolute Gasteiger partial charge is 0.322 e. The fourth-order valence-corrected chi connectivity index (χ4v) is 12.6. The Morgan fingerprint density at radius 2 is 1.12 bits per heavy atom. The number of H-pyrrole nitrogens is 2. The largest absolute Gasteiger partial charge is 0.481 e. The van der Waals surface area contributed by atoms with Gasteiger partial charge in [0.25, 0.3) is 0 Å². The van der Waals surface area contributed by atoms with Crippen LogP contribution in [0, 0.1) is 11.8 Å². The van der Waals surface area contributed by atoms with Crippen LogP contribution in [-0.4, -0.2) is 263 Å². The maximum Gasteiger partial charge on any atom is 0.322 e. The SMILES string of the molecule is CSCC[C@H](N)C(=O)N[C@@H](CO)C(=O)N[C@@H](Cc1cnc[nH]1)C(=O)N[C@@H](CC(C)C)C(=O)N[C@@H](CCCCN)C(=O)N[C@@H](CS)C(=O)N[C@H](C(=O)N[C@@H](Cc1c[nH]c2ccccc12)C(=O)N[C@@H](C)C(=O)N[C@@H](CCC(=O)O)C(=O)N1CCC[C@H]1C(=O)N[C@@H](CCC(N)=O)C(=O)N[C@@H](CCC(=O)O)C(=O)NCC(=O)O)C(C)C. The van der Waals surface area contributed by atoms with Crippen molar-refractivity contribution in [1.82, 2.24) is 83.7 Å². The lowest BCUT2D eigenvalue weighted by Gasteiger charge is -2.31. The number of amides is 14. The summed E-state index contributed by atoms with van der Waals surface area (Å²) in [6.45, 7) is 6.18. The Hall–Kier alpha value is -10.5. The van der Waals surface area contributed by atoms with Crippen LogP contribution in [0.4, 0.5) is 0 Å². The number of carbonyl (C=O) groups is 17. The van der Waals surface area contributed by atoms with E-state index in [1.165, 1.54) is 31.2 Å². The summed E-state index contributed by atoms with van der Waals surface area (Å²) in [5.41, 5.74) is 18.7. The lowest BCUT2D eigenvalue weighted by molar-refractivity contribution is -0.143. The van der Waals surface area contributed by atoms with Crippen molar-refractivity contribution in [3.05, 3.63) is 54.2 Å². The number of nitrogens with zero attached hydrogens (tertiary/aromatic N) is 2. The van der Waals surface area contributed by atoms with Crippen molar-refractivity contribution >= 4 is 136 Å². The van der Waals surface area contributed by atoms with Gasteiger partial charge in [0.2, 0.25) is 82.7 Å². The van der Waals surface area contributed by atoms with Crippen molar-refractivity contribution in [2.75, 3.05) is 44.0 Å². The number of primary amides is 1. The predicted molar refractivity (Wildman–Crippen MR) is 408 cm³/mol. The molecule has 1 aliphatic rings. The number of thioether (sulfide) groups is 1. The summed E-state index contributed by atoms with van der Waals surface area (Å²) in [6, 6.07) is -12.2. The van der Waals surface area contributed by atoms with Crippen LogP contribution in [0.5, 0.6) is 0 Å². The minimum atomic E-state index is -1.69. The first kappa shape index (κ1) is 93.9. The molecule has 24 N–H and O–H groups in total. The number of nitrogens with one attached hydrogen (secondary N) is 14. The van der Waals surface area contributed by atoms with Crippen LogP contribution in [0.2, 0.25) is 0 Å². The Bertz CT molecular complexity index is 3750. The van der Waals surface area contributed by atoms with E-state index in [0.29, 0.717) is 34.3 Å². The van der Waals surface area contributed by atoms with Gasteiger partial charge in [0, 0.05) is 73.4 Å². The summed E-state index contributed by atoms with van der Waals surface area (Å²) in [5, 5.41) is 68.9. The number of nitrogens with two attached hydrogens (primary N) is 3. The summed E-state index contributed by atoms with van der Waals surface area (Å²) in [5.74, 6) is -18.3. The zero-order valence-electron chi connectivity index (χ0n) is 63.3. The number of thiol groups is 1. The second kappa shape index (κ2) is 47.7. The number of aliphatic carboxylic acids is 3. The van der Waals surface area contributed by atoms with E-state index >= 15 is 0 Å². The first-order valence-electron chi connectivity index (χ1n) is 36.6. The second-order valence-corrected chi connectivity index (χ2v) is 29.0. The van der Waals surface area contributed by atoms with Gasteiger partial charge >= 0.3 is 17.9 Å². The van der Waals surface area contributed by atoms with E-state index in [9.17, 15) is 96.8 Å². The number of imidazole rings is 1. The monoisotopic (exact) mass is 1610 g/mol. The van der Waals surface area contributed by atoms with Crippen LogP contribution in [0.15, 0.2) is 43.0 Å². The summed E-state index contributed by atoms with van der Waals surface area (Å²) in [6.07, 6.45) is 3.25. The third-order valence-corrected chi connectivity index (χ3v) is 19.0. The second-order valence-electron chi connectivity index (χ2n) is 27.7. The minimum absolute atomic E-state index is 0.00233. The molecular weight excluding hydrogens is 1510 g/mol. The number of carboxylic acids is 3. The zero-order valence-corrected chi connectivity index (χ0v) is 65.0. The molecule has 4 rings (SSSR count). The number of carboxylic acid groups (broad SMARTS) is 3. The van der Waals surface area contributed by atoms with Gasteiger partial charge in [0.05, 0.1) is 19.0 Å². The van der Waals surface area contributed by atoms with Crippen molar-refractivity contribution in [2.45, 2.75) is 209 Å². The normalized spacial score (nSPS) is 15.8. The number of aromatic amines is 2. The molecule has 620 valence electrons. The molecule has 3 aromatic rings. The molecule has 1 aliphatic heterocycles. The van der Waals surface area contributed by atoms with Crippen molar-refractivity contribution < 1.29 is 102 Å². The molecule has 1 saturated heterocycles. The number of aromatic nitrogens is 3. The number of aliphatic hydroxyl groups excluding tert-OH is 1. The number of likely N-dealkylation sites (tertiary alicyclic amines) is 1. The molecule has 0 bridgehead atoms. The minimum Gasteiger partial charge on any atom is -0.481 e. The van der Waals surface area contributed by atoms with Crippen molar-refractivity contribution in [1.29, 1.82) is 0 Å². The highest BCUT2D eigenvalue weighted by molar-refractivity contribution is 7.98. The van der Waals surface area contributed by atoms with Crippen LogP contribution >= 0.6 is 24.4 Å². The van der Waals surface area contributed by atoms with Crippen molar-refractivity contribution in [2.24, 2.45) is 29.0 Å². The average Bonchev–Trinajstić information content (AvgIpc) is 1.59. The van der Waals surface area contributed by atoms with Crippen LogP contribution in [0.1, 0.15) is 129 Å². The maximum absolute atomic E-state index is 14.7. The molecule has 42 heteroatoms. The number of rotatable bonds is 51. The fourth-order valence-electron chi connectivity index (χ4n) is 11.8.